The van der Waals surface area contributed by atoms with Crippen LogP contribution in [0.2, 0.25) is 0 Å². The Balaban J connectivity index is 4.16. The molecule has 0 bridgehead atoms. The smallest absolute Gasteiger partial charge is 0.333 e. The number of esters is 2. The zero-order valence-electron chi connectivity index (χ0n) is 18.3. The summed E-state index contributed by atoms with van der Waals surface area (Å²) in [7, 11) is 1.43. The van der Waals surface area contributed by atoms with Crippen molar-refractivity contribution in [3.8, 4) is 0 Å². The molecule has 0 aromatic carbocycles. The highest BCUT2D eigenvalue weighted by Gasteiger charge is 2.22. The van der Waals surface area contributed by atoms with Crippen molar-refractivity contribution in [2.45, 2.75) is 115 Å². The van der Waals surface area contributed by atoms with Crippen LogP contribution in [0.4, 0.5) is 0 Å². The highest BCUT2D eigenvalue weighted by Crippen LogP contribution is 2.23. The minimum absolute atomic E-state index is 0.102. The topological polar surface area (TPSA) is 52.6 Å². The lowest BCUT2D eigenvalue weighted by Crippen LogP contribution is -2.27. The molecular weight excluding hydrogens is 420 g/mol. The number of unbranched alkanes of at least 4 members (excludes halogenated alkanes) is 9. The summed E-state index contributed by atoms with van der Waals surface area (Å²) in [4.78, 5) is 23.3. The fourth-order valence-corrected chi connectivity index (χ4v) is 3.80. The zero-order chi connectivity index (χ0) is 21.2. The van der Waals surface area contributed by atoms with Crippen molar-refractivity contribution in [2.75, 3.05) is 7.11 Å². The van der Waals surface area contributed by atoms with Crippen LogP contribution >= 0.6 is 15.9 Å². The largest absolute Gasteiger partial charge is 0.469 e. The summed E-state index contributed by atoms with van der Waals surface area (Å²) in [6, 6.07) is 0. The van der Waals surface area contributed by atoms with Crippen LogP contribution in [-0.4, -0.2) is 30.0 Å². The maximum Gasteiger partial charge on any atom is 0.333 e. The van der Waals surface area contributed by atoms with Gasteiger partial charge >= 0.3 is 11.9 Å². The summed E-state index contributed by atoms with van der Waals surface area (Å²) >= 11 is 3.76. The Morgan fingerprint density at radius 1 is 0.893 bits per heavy atom. The minimum Gasteiger partial charge on any atom is -0.469 e. The van der Waals surface area contributed by atoms with Crippen molar-refractivity contribution in [2.24, 2.45) is 0 Å². The Bertz CT molecular complexity index is 436. The molecule has 28 heavy (non-hydrogen) atoms. The number of ether oxygens (including phenoxy) is 2. The molecule has 5 heteroatoms. The van der Waals surface area contributed by atoms with E-state index in [1.807, 2.05) is 0 Å². The van der Waals surface area contributed by atoms with Gasteiger partial charge in [0.05, 0.1) is 11.9 Å². The molecule has 0 spiro atoms. The van der Waals surface area contributed by atoms with Gasteiger partial charge in [0.2, 0.25) is 0 Å². The number of alkyl halides is 1. The summed E-state index contributed by atoms with van der Waals surface area (Å²) in [6.45, 7) is 7.62. The lowest BCUT2D eigenvalue weighted by atomic mass is 10.0. The van der Waals surface area contributed by atoms with Gasteiger partial charge in [-0.1, -0.05) is 87.2 Å². The fraction of sp³-hybridized carbons (Fsp3) is 0.826. The first-order valence-corrected chi connectivity index (χ1v) is 11.9. The van der Waals surface area contributed by atoms with E-state index in [2.05, 4.69) is 34.2 Å². The van der Waals surface area contributed by atoms with Crippen LogP contribution in [-0.2, 0) is 19.1 Å². The normalized spacial score (nSPS) is 13.0. The Kier molecular flexibility index (Phi) is 17.7. The Labute approximate surface area is 180 Å². The third-order valence-corrected chi connectivity index (χ3v) is 5.99. The number of hydrogen-bond donors (Lipinski definition) is 0. The second-order valence-corrected chi connectivity index (χ2v) is 8.86. The quantitative estimate of drug-likeness (QED) is 0.0965. The molecule has 0 rings (SSSR count). The molecule has 0 saturated heterocycles. The van der Waals surface area contributed by atoms with E-state index in [4.69, 9.17) is 4.74 Å². The van der Waals surface area contributed by atoms with Crippen LogP contribution in [0, 0.1) is 0 Å². The van der Waals surface area contributed by atoms with Gasteiger partial charge in [-0.25, -0.2) is 4.79 Å². The van der Waals surface area contributed by atoms with Crippen molar-refractivity contribution in [3.05, 3.63) is 12.2 Å². The van der Waals surface area contributed by atoms with Gasteiger partial charge < -0.3 is 9.47 Å². The van der Waals surface area contributed by atoms with Crippen molar-refractivity contribution in [1.29, 1.82) is 0 Å². The molecular formula is C23H41BrO4. The fourth-order valence-electron chi connectivity index (χ4n) is 3.10. The van der Waals surface area contributed by atoms with Crippen LogP contribution in [0.15, 0.2) is 12.2 Å². The molecule has 0 N–H and O–H groups in total. The highest BCUT2D eigenvalue weighted by atomic mass is 79.9. The van der Waals surface area contributed by atoms with Gasteiger partial charge in [0, 0.05) is 12.0 Å². The second kappa shape index (κ2) is 18.2. The minimum atomic E-state index is -0.296. The molecule has 0 amide bonds. The van der Waals surface area contributed by atoms with Gasteiger partial charge in [-0.05, 0) is 32.6 Å². The first-order chi connectivity index (χ1) is 13.4. The van der Waals surface area contributed by atoms with E-state index in [1.54, 1.807) is 6.92 Å². The van der Waals surface area contributed by atoms with Gasteiger partial charge in [-0.15, -0.1) is 0 Å². The number of methoxy groups -OCH3 is 1. The van der Waals surface area contributed by atoms with Gasteiger partial charge in [-0.3, -0.25) is 4.79 Å². The Hall–Kier alpha value is -0.840. The molecule has 0 aromatic heterocycles. The number of hydrogen-bond acceptors (Lipinski definition) is 4. The Morgan fingerprint density at radius 3 is 2.00 bits per heavy atom. The summed E-state index contributed by atoms with van der Waals surface area (Å²) in [5, 5.41) is 0. The van der Waals surface area contributed by atoms with Crippen LogP contribution in [0.5, 0.6) is 0 Å². The number of rotatable bonds is 18. The van der Waals surface area contributed by atoms with Crippen molar-refractivity contribution >= 4 is 27.9 Å². The Morgan fingerprint density at radius 2 is 1.43 bits per heavy atom. The van der Waals surface area contributed by atoms with E-state index >= 15 is 0 Å². The average Bonchev–Trinajstić information content (AvgIpc) is 2.68. The SMILES string of the molecule is C=C(C)C(=O)OC(CCCCCCCC(=O)OC)C(Br)CCCCCCCC. The van der Waals surface area contributed by atoms with E-state index < -0.39 is 0 Å². The molecule has 0 aromatic rings. The predicted octanol–water partition coefficient (Wildman–Crippen LogP) is 6.89. The predicted molar refractivity (Wildman–Crippen MR) is 120 cm³/mol. The van der Waals surface area contributed by atoms with E-state index in [0.29, 0.717) is 12.0 Å². The van der Waals surface area contributed by atoms with Crippen molar-refractivity contribution in [1.82, 2.24) is 0 Å². The number of halogens is 1. The summed E-state index contributed by atoms with van der Waals surface area (Å²) in [5.74, 6) is -0.431. The van der Waals surface area contributed by atoms with Gasteiger partial charge in [0.15, 0.2) is 0 Å². The number of carbonyl (C=O) groups is 2. The van der Waals surface area contributed by atoms with Crippen molar-refractivity contribution in [3.63, 3.8) is 0 Å². The third-order valence-electron chi connectivity index (χ3n) is 4.94. The van der Waals surface area contributed by atoms with Gasteiger partial charge in [0.1, 0.15) is 6.10 Å². The molecule has 0 aliphatic rings. The van der Waals surface area contributed by atoms with Crippen LogP contribution in [0.25, 0.3) is 0 Å². The summed E-state index contributed by atoms with van der Waals surface area (Å²) < 4.78 is 10.3. The lowest BCUT2D eigenvalue weighted by molar-refractivity contribution is -0.144. The molecule has 164 valence electrons. The maximum absolute atomic E-state index is 12.0. The van der Waals surface area contributed by atoms with Crippen LogP contribution in [0.3, 0.4) is 0 Å². The maximum atomic E-state index is 12.0. The molecule has 0 aliphatic carbocycles. The van der Waals surface area contributed by atoms with E-state index in [1.165, 1.54) is 39.2 Å². The first kappa shape index (κ1) is 27.2. The lowest BCUT2D eigenvalue weighted by Gasteiger charge is -2.23. The van der Waals surface area contributed by atoms with Gasteiger partial charge in [0.25, 0.3) is 0 Å². The molecule has 0 aliphatic heterocycles. The third kappa shape index (κ3) is 15.1. The van der Waals surface area contributed by atoms with E-state index in [9.17, 15) is 9.59 Å². The molecule has 2 unspecified atom stereocenters. The van der Waals surface area contributed by atoms with E-state index in [0.717, 1.165) is 51.4 Å². The monoisotopic (exact) mass is 460 g/mol. The molecule has 0 saturated carbocycles. The second-order valence-electron chi connectivity index (χ2n) is 7.68. The average molecular weight is 461 g/mol. The highest BCUT2D eigenvalue weighted by molar-refractivity contribution is 9.09. The van der Waals surface area contributed by atoms with Crippen LogP contribution < -0.4 is 0 Å². The molecule has 0 radical (unpaired) electrons. The standard InChI is InChI=1S/C23H41BrO4/c1-5-6-7-8-10-13-16-20(24)21(28-23(26)19(2)3)17-14-11-9-12-15-18-22(25)27-4/h20-21H,2,5-18H2,1,3-4H3. The summed E-state index contributed by atoms with van der Waals surface area (Å²) in [6.07, 6.45) is 15.0. The van der Waals surface area contributed by atoms with Crippen LogP contribution in [0.1, 0.15) is 104 Å². The number of carbonyl (C=O) groups excluding carboxylic acids is 2. The zero-order valence-corrected chi connectivity index (χ0v) is 19.9. The molecule has 2 atom stereocenters. The molecule has 0 fully saturated rings. The summed E-state index contributed by atoms with van der Waals surface area (Å²) in [5.41, 5.74) is 0.451. The van der Waals surface area contributed by atoms with Crippen molar-refractivity contribution < 1.29 is 19.1 Å². The molecule has 0 heterocycles. The first-order valence-electron chi connectivity index (χ1n) is 11.0. The van der Waals surface area contributed by atoms with Gasteiger partial charge in [-0.2, -0.15) is 0 Å². The molecule has 4 nitrogen and oxygen atoms in total. The van der Waals surface area contributed by atoms with E-state index in [-0.39, 0.29) is 22.9 Å².